The molecule has 0 atom stereocenters. The fraction of sp³-hybridized carbons (Fsp3) is 0.111. The van der Waals surface area contributed by atoms with Crippen LogP contribution in [0.5, 0.6) is 0 Å². The fourth-order valence-electron chi connectivity index (χ4n) is 1.42. The lowest BCUT2D eigenvalue weighted by Crippen LogP contribution is -2.03. The van der Waals surface area contributed by atoms with Gasteiger partial charge >= 0.3 is 5.97 Å². The van der Waals surface area contributed by atoms with Crippen LogP contribution < -0.4 is 0 Å². The topological polar surface area (TPSA) is 54.6 Å². The van der Waals surface area contributed by atoms with E-state index in [0.717, 1.165) is 0 Å². The molecule has 0 unspecified atom stereocenters. The van der Waals surface area contributed by atoms with E-state index in [1.807, 2.05) is 0 Å². The van der Waals surface area contributed by atoms with Gasteiger partial charge in [0.15, 0.2) is 0 Å². The maximum atomic E-state index is 13.3. The van der Waals surface area contributed by atoms with Crippen molar-refractivity contribution in [1.29, 1.82) is 0 Å². The second-order valence-corrected chi connectivity index (χ2v) is 2.90. The number of aryl methyl sites for hydroxylation is 1. The van der Waals surface area contributed by atoms with Crippen molar-refractivity contribution in [3.8, 4) is 0 Å². The quantitative estimate of drug-likeness (QED) is 0.748. The molecule has 0 spiro atoms. The second kappa shape index (κ2) is 2.80. The predicted octanol–water partition coefficient (Wildman–Crippen LogP) is 1.48. The van der Waals surface area contributed by atoms with Crippen LogP contribution in [0, 0.1) is 12.7 Å². The molecule has 0 aromatic carbocycles. The highest BCUT2D eigenvalue weighted by atomic mass is 19.1. The van der Waals surface area contributed by atoms with Gasteiger partial charge in [0.1, 0.15) is 11.3 Å². The van der Waals surface area contributed by atoms with E-state index in [9.17, 15) is 9.18 Å². The summed E-state index contributed by atoms with van der Waals surface area (Å²) in [5.74, 6) is -1.80. The highest BCUT2D eigenvalue weighted by molar-refractivity contribution is 5.85. The van der Waals surface area contributed by atoms with E-state index in [0.29, 0.717) is 5.69 Å². The minimum absolute atomic E-state index is 0.169. The molecule has 0 saturated carbocycles. The van der Waals surface area contributed by atoms with Gasteiger partial charge < -0.3 is 5.11 Å². The summed E-state index contributed by atoms with van der Waals surface area (Å²) >= 11 is 0. The molecule has 2 heterocycles. The Kier molecular flexibility index (Phi) is 1.73. The summed E-state index contributed by atoms with van der Waals surface area (Å²) in [6.45, 7) is 1.57. The molecule has 14 heavy (non-hydrogen) atoms. The number of carbonyl (C=O) groups is 1. The Morgan fingerprint density at radius 3 is 3.00 bits per heavy atom. The average molecular weight is 194 g/mol. The van der Waals surface area contributed by atoms with Crippen molar-refractivity contribution >= 4 is 11.5 Å². The SMILES string of the molecule is Cc1nc(C(=O)O)n2cccc(F)c12. The summed E-state index contributed by atoms with van der Waals surface area (Å²) in [5.41, 5.74) is 0.588. The van der Waals surface area contributed by atoms with Crippen LogP contribution in [-0.4, -0.2) is 20.5 Å². The summed E-state index contributed by atoms with van der Waals surface area (Å²) < 4.78 is 14.5. The van der Waals surface area contributed by atoms with Crippen LogP contribution in [0.15, 0.2) is 18.3 Å². The van der Waals surface area contributed by atoms with Gasteiger partial charge in [0.05, 0.1) is 5.69 Å². The van der Waals surface area contributed by atoms with Gasteiger partial charge in [0.2, 0.25) is 5.82 Å². The lowest BCUT2D eigenvalue weighted by Gasteiger charge is -1.96. The summed E-state index contributed by atoms with van der Waals surface area (Å²) in [6.07, 6.45) is 1.47. The summed E-state index contributed by atoms with van der Waals surface area (Å²) in [4.78, 5) is 14.5. The third-order valence-corrected chi connectivity index (χ3v) is 1.98. The number of aromatic carboxylic acids is 1. The van der Waals surface area contributed by atoms with Crippen LogP contribution in [0.25, 0.3) is 5.52 Å². The lowest BCUT2D eigenvalue weighted by molar-refractivity contribution is 0.0682. The normalized spacial score (nSPS) is 10.7. The zero-order valence-electron chi connectivity index (χ0n) is 7.36. The molecule has 2 rings (SSSR count). The van der Waals surface area contributed by atoms with Crippen molar-refractivity contribution in [2.45, 2.75) is 6.92 Å². The molecule has 0 aliphatic rings. The number of imidazole rings is 1. The van der Waals surface area contributed by atoms with Gasteiger partial charge in [-0.25, -0.2) is 14.2 Å². The van der Waals surface area contributed by atoms with Crippen molar-refractivity contribution < 1.29 is 14.3 Å². The number of nitrogens with zero attached hydrogens (tertiary/aromatic N) is 2. The summed E-state index contributed by atoms with van der Waals surface area (Å²) in [5, 5.41) is 8.78. The number of carboxylic acids is 1. The van der Waals surface area contributed by atoms with Gasteiger partial charge in [-0.1, -0.05) is 0 Å². The first-order valence-electron chi connectivity index (χ1n) is 3.97. The third-order valence-electron chi connectivity index (χ3n) is 1.98. The molecule has 0 fully saturated rings. The summed E-state index contributed by atoms with van der Waals surface area (Å²) in [7, 11) is 0. The monoisotopic (exact) mass is 194 g/mol. The number of aromatic nitrogens is 2. The van der Waals surface area contributed by atoms with Crippen molar-refractivity contribution in [1.82, 2.24) is 9.38 Å². The highest BCUT2D eigenvalue weighted by Gasteiger charge is 2.15. The highest BCUT2D eigenvalue weighted by Crippen LogP contribution is 2.15. The molecule has 2 aromatic rings. The first-order chi connectivity index (χ1) is 6.61. The largest absolute Gasteiger partial charge is 0.475 e. The smallest absolute Gasteiger partial charge is 0.372 e. The van der Waals surface area contributed by atoms with Crippen LogP contribution in [0.1, 0.15) is 16.3 Å². The predicted molar refractivity (Wildman–Crippen MR) is 46.8 cm³/mol. The Labute approximate surface area is 78.6 Å². The molecule has 0 saturated heterocycles. The van der Waals surface area contributed by atoms with E-state index in [2.05, 4.69) is 4.98 Å². The van der Waals surface area contributed by atoms with Crippen LogP contribution in [0.2, 0.25) is 0 Å². The Balaban J connectivity index is 2.91. The standard InChI is InChI=1S/C9H7FN2O2/c1-5-7-6(10)3-2-4-12(7)8(11-5)9(13)14/h2-4H,1H3,(H,13,14). The maximum Gasteiger partial charge on any atom is 0.372 e. The molecule has 0 amide bonds. The van der Waals surface area contributed by atoms with Gasteiger partial charge in [-0.3, -0.25) is 4.40 Å². The Hall–Kier alpha value is -1.91. The number of pyridine rings is 1. The van der Waals surface area contributed by atoms with Gasteiger partial charge in [0, 0.05) is 6.20 Å². The average Bonchev–Trinajstić information content (AvgIpc) is 2.45. The van der Waals surface area contributed by atoms with E-state index < -0.39 is 11.8 Å². The Morgan fingerprint density at radius 2 is 2.36 bits per heavy atom. The molecule has 0 bridgehead atoms. The molecule has 0 aliphatic heterocycles. The fourth-order valence-corrected chi connectivity index (χ4v) is 1.42. The molecular weight excluding hydrogens is 187 g/mol. The molecule has 5 heteroatoms. The van der Waals surface area contributed by atoms with E-state index in [1.165, 1.54) is 22.7 Å². The number of hydrogen-bond acceptors (Lipinski definition) is 2. The van der Waals surface area contributed by atoms with Crippen molar-refractivity contribution in [3.05, 3.63) is 35.7 Å². The lowest BCUT2D eigenvalue weighted by atomic mass is 10.3. The Bertz CT molecular complexity index is 519. The van der Waals surface area contributed by atoms with E-state index in [1.54, 1.807) is 6.92 Å². The molecule has 4 nitrogen and oxygen atoms in total. The molecule has 0 radical (unpaired) electrons. The zero-order chi connectivity index (χ0) is 10.3. The molecule has 2 aromatic heterocycles. The van der Waals surface area contributed by atoms with Crippen LogP contribution >= 0.6 is 0 Å². The first-order valence-corrected chi connectivity index (χ1v) is 3.97. The number of carboxylic acid groups (broad SMARTS) is 1. The molecular formula is C9H7FN2O2. The van der Waals surface area contributed by atoms with Crippen LogP contribution in [-0.2, 0) is 0 Å². The number of fused-ring (bicyclic) bond motifs is 1. The minimum Gasteiger partial charge on any atom is -0.475 e. The van der Waals surface area contributed by atoms with Crippen molar-refractivity contribution in [2.24, 2.45) is 0 Å². The third kappa shape index (κ3) is 1.06. The van der Waals surface area contributed by atoms with Gasteiger partial charge in [0.25, 0.3) is 0 Å². The van der Waals surface area contributed by atoms with Gasteiger partial charge in [-0.05, 0) is 19.1 Å². The van der Waals surface area contributed by atoms with Crippen LogP contribution in [0.3, 0.4) is 0 Å². The number of rotatable bonds is 1. The van der Waals surface area contributed by atoms with E-state index >= 15 is 0 Å². The van der Waals surface area contributed by atoms with E-state index in [-0.39, 0.29) is 11.3 Å². The first kappa shape index (κ1) is 8.68. The number of halogens is 1. The van der Waals surface area contributed by atoms with Crippen LogP contribution in [0.4, 0.5) is 4.39 Å². The van der Waals surface area contributed by atoms with Crippen molar-refractivity contribution in [3.63, 3.8) is 0 Å². The molecule has 0 aliphatic carbocycles. The number of hydrogen-bond donors (Lipinski definition) is 1. The molecule has 72 valence electrons. The maximum absolute atomic E-state index is 13.3. The van der Waals surface area contributed by atoms with Crippen molar-refractivity contribution in [2.75, 3.05) is 0 Å². The molecule has 1 N–H and O–H groups in total. The Morgan fingerprint density at radius 1 is 1.64 bits per heavy atom. The van der Waals surface area contributed by atoms with Gasteiger partial charge in [-0.15, -0.1) is 0 Å². The zero-order valence-corrected chi connectivity index (χ0v) is 7.36. The summed E-state index contributed by atoms with van der Waals surface area (Å²) in [6, 6.07) is 2.71. The van der Waals surface area contributed by atoms with Gasteiger partial charge in [-0.2, -0.15) is 0 Å². The second-order valence-electron chi connectivity index (χ2n) is 2.90. The van der Waals surface area contributed by atoms with E-state index in [4.69, 9.17) is 5.11 Å². The minimum atomic E-state index is -1.17.